The van der Waals surface area contributed by atoms with E-state index in [1.54, 1.807) is 11.3 Å². The Balaban J connectivity index is 2.09. The van der Waals surface area contributed by atoms with Crippen molar-refractivity contribution >= 4 is 11.3 Å². The zero-order valence-corrected chi connectivity index (χ0v) is 12.5. The molecule has 0 aliphatic rings. The molecule has 1 aromatic carbocycles. The van der Waals surface area contributed by atoms with Crippen LogP contribution in [0.3, 0.4) is 0 Å². The molecule has 1 N–H and O–H groups in total. The highest BCUT2D eigenvalue weighted by molar-refractivity contribution is 7.09. The zero-order valence-electron chi connectivity index (χ0n) is 11.7. The highest BCUT2D eigenvalue weighted by Crippen LogP contribution is 2.20. The molecule has 0 saturated carbocycles. The van der Waals surface area contributed by atoms with Crippen molar-refractivity contribution < 1.29 is 0 Å². The van der Waals surface area contributed by atoms with E-state index in [1.807, 2.05) is 11.6 Å². The number of rotatable bonds is 7. The number of nitrogens with zero attached hydrogens (tertiary/aromatic N) is 1. The summed E-state index contributed by atoms with van der Waals surface area (Å²) in [4.78, 5) is 4.36. The van der Waals surface area contributed by atoms with E-state index in [9.17, 15) is 0 Å². The Kier molecular flexibility index (Phi) is 5.55. The van der Waals surface area contributed by atoms with Crippen LogP contribution in [-0.4, -0.2) is 11.5 Å². The molecule has 0 aliphatic carbocycles. The molecule has 0 bridgehead atoms. The summed E-state index contributed by atoms with van der Waals surface area (Å²) in [5.74, 6) is 0. The summed E-state index contributed by atoms with van der Waals surface area (Å²) in [5, 5.41) is 6.83. The minimum absolute atomic E-state index is 0.469. The number of aromatic nitrogens is 1. The van der Waals surface area contributed by atoms with Crippen molar-refractivity contribution in [3.63, 3.8) is 0 Å². The van der Waals surface area contributed by atoms with Crippen LogP contribution in [0.4, 0.5) is 0 Å². The van der Waals surface area contributed by atoms with Crippen molar-refractivity contribution in [3.05, 3.63) is 52.0 Å². The Bertz CT molecular complexity index is 479. The maximum atomic E-state index is 4.36. The average Bonchev–Trinajstić information content (AvgIpc) is 2.93. The van der Waals surface area contributed by atoms with Gasteiger partial charge in [0, 0.05) is 24.0 Å². The van der Waals surface area contributed by atoms with Gasteiger partial charge in [-0.15, -0.1) is 11.3 Å². The molecule has 0 aliphatic heterocycles. The molecule has 3 heteroatoms. The van der Waals surface area contributed by atoms with Crippen LogP contribution < -0.4 is 5.32 Å². The summed E-state index contributed by atoms with van der Waals surface area (Å²) in [6.45, 7) is 5.52. The Morgan fingerprint density at radius 1 is 1.32 bits per heavy atom. The molecule has 2 nitrogen and oxygen atoms in total. The van der Waals surface area contributed by atoms with Gasteiger partial charge in [-0.1, -0.05) is 38.1 Å². The standard InChI is InChI=1S/C16H22N2S/c1-3-8-17-15(4-2)14-7-5-6-13(11-14)12-16-18-9-10-19-16/h5-7,9-11,15,17H,3-4,8,12H2,1-2H3. The Hall–Kier alpha value is -1.19. The molecule has 1 aromatic heterocycles. The maximum Gasteiger partial charge on any atom is 0.0968 e. The summed E-state index contributed by atoms with van der Waals surface area (Å²) in [5.41, 5.74) is 2.74. The minimum Gasteiger partial charge on any atom is -0.310 e. The summed E-state index contributed by atoms with van der Waals surface area (Å²) in [6, 6.07) is 9.36. The van der Waals surface area contributed by atoms with Crippen LogP contribution in [-0.2, 0) is 6.42 Å². The second-order valence-corrected chi connectivity index (χ2v) is 5.74. The van der Waals surface area contributed by atoms with Crippen LogP contribution >= 0.6 is 11.3 Å². The molecule has 0 fully saturated rings. The van der Waals surface area contributed by atoms with E-state index in [-0.39, 0.29) is 0 Å². The van der Waals surface area contributed by atoms with E-state index in [4.69, 9.17) is 0 Å². The summed E-state index contributed by atoms with van der Waals surface area (Å²) in [6.07, 6.45) is 5.12. The minimum atomic E-state index is 0.469. The van der Waals surface area contributed by atoms with Crippen molar-refractivity contribution in [2.45, 2.75) is 39.2 Å². The van der Waals surface area contributed by atoms with Crippen molar-refractivity contribution in [3.8, 4) is 0 Å². The molecule has 1 heterocycles. The van der Waals surface area contributed by atoms with Gasteiger partial charge in [-0.2, -0.15) is 0 Å². The third-order valence-corrected chi connectivity index (χ3v) is 4.02. The lowest BCUT2D eigenvalue weighted by atomic mass is 10.0. The molecule has 1 atom stereocenters. The zero-order chi connectivity index (χ0) is 13.5. The van der Waals surface area contributed by atoms with E-state index < -0.39 is 0 Å². The Morgan fingerprint density at radius 2 is 2.21 bits per heavy atom. The van der Waals surface area contributed by atoms with E-state index in [1.165, 1.54) is 22.6 Å². The molecular formula is C16H22N2S. The fraction of sp³-hybridized carbons (Fsp3) is 0.438. The first-order chi connectivity index (χ1) is 9.33. The predicted octanol–water partition coefficient (Wildman–Crippen LogP) is 4.18. The molecule has 1 unspecified atom stereocenters. The molecule has 2 rings (SSSR count). The maximum absolute atomic E-state index is 4.36. The predicted molar refractivity (Wildman–Crippen MR) is 82.7 cm³/mol. The van der Waals surface area contributed by atoms with Gasteiger partial charge in [-0.05, 0) is 30.5 Å². The third kappa shape index (κ3) is 4.15. The van der Waals surface area contributed by atoms with Gasteiger partial charge in [0.1, 0.15) is 0 Å². The molecule has 2 aromatic rings. The van der Waals surface area contributed by atoms with Crippen molar-refractivity contribution in [2.75, 3.05) is 6.54 Å². The van der Waals surface area contributed by atoms with Crippen molar-refractivity contribution in [2.24, 2.45) is 0 Å². The molecule has 0 amide bonds. The normalized spacial score (nSPS) is 12.5. The molecule has 102 valence electrons. The van der Waals surface area contributed by atoms with Crippen LogP contribution in [0.5, 0.6) is 0 Å². The largest absolute Gasteiger partial charge is 0.310 e. The quantitative estimate of drug-likeness (QED) is 0.819. The van der Waals surface area contributed by atoms with E-state index in [2.05, 4.69) is 48.4 Å². The molecule has 19 heavy (non-hydrogen) atoms. The summed E-state index contributed by atoms with van der Waals surface area (Å²) >= 11 is 1.72. The second kappa shape index (κ2) is 7.41. The molecule has 0 saturated heterocycles. The highest BCUT2D eigenvalue weighted by Gasteiger charge is 2.09. The molecule has 0 spiro atoms. The van der Waals surface area contributed by atoms with Gasteiger partial charge in [-0.25, -0.2) is 4.98 Å². The number of benzene rings is 1. The fourth-order valence-corrected chi connectivity index (χ4v) is 2.90. The topological polar surface area (TPSA) is 24.9 Å². The van der Waals surface area contributed by atoms with Gasteiger partial charge in [0.15, 0.2) is 0 Å². The van der Waals surface area contributed by atoms with Crippen molar-refractivity contribution in [1.29, 1.82) is 0 Å². The average molecular weight is 274 g/mol. The first kappa shape index (κ1) is 14.2. The van der Waals surface area contributed by atoms with Gasteiger partial charge in [0.05, 0.1) is 5.01 Å². The van der Waals surface area contributed by atoms with Gasteiger partial charge >= 0.3 is 0 Å². The van der Waals surface area contributed by atoms with Crippen LogP contribution in [0.25, 0.3) is 0 Å². The smallest absolute Gasteiger partial charge is 0.0968 e. The lowest BCUT2D eigenvalue weighted by Gasteiger charge is -2.17. The van der Waals surface area contributed by atoms with Gasteiger partial charge < -0.3 is 5.32 Å². The summed E-state index contributed by atoms with van der Waals surface area (Å²) in [7, 11) is 0. The monoisotopic (exact) mass is 274 g/mol. The first-order valence-corrected chi connectivity index (χ1v) is 7.92. The van der Waals surface area contributed by atoms with Crippen LogP contribution in [0.15, 0.2) is 35.8 Å². The Morgan fingerprint density at radius 3 is 2.89 bits per heavy atom. The van der Waals surface area contributed by atoms with Crippen LogP contribution in [0.1, 0.15) is 48.9 Å². The number of hydrogen-bond donors (Lipinski definition) is 1. The SMILES string of the molecule is CCCNC(CC)c1cccc(Cc2nccs2)c1. The number of nitrogens with one attached hydrogen (secondary N) is 1. The second-order valence-electron chi connectivity index (χ2n) is 4.76. The highest BCUT2D eigenvalue weighted by atomic mass is 32.1. The summed E-state index contributed by atoms with van der Waals surface area (Å²) < 4.78 is 0. The van der Waals surface area contributed by atoms with Crippen LogP contribution in [0, 0.1) is 0 Å². The van der Waals surface area contributed by atoms with E-state index in [0.717, 1.165) is 19.4 Å². The van der Waals surface area contributed by atoms with Gasteiger partial charge in [-0.3, -0.25) is 0 Å². The lowest BCUT2D eigenvalue weighted by Crippen LogP contribution is -2.21. The van der Waals surface area contributed by atoms with E-state index >= 15 is 0 Å². The van der Waals surface area contributed by atoms with Crippen molar-refractivity contribution in [1.82, 2.24) is 10.3 Å². The van der Waals surface area contributed by atoms with Crippen LogP contribution in [0.2, 0.25) is 0 Å². The number of thiazole rings is 1. The molecular weight excluding hydrogens is 252 g/mol. The number of hydrogen-bond acceptors (Lipinski definition) is 3. The fourth-order valence-electron chi connectivity index (χ4n) is 2.25. The van der Waals surface area contributed by atoms with Gasteiger partial charge in [0.2, 0.25) is 0 Å². The van der Waals surface area contributed by atoms with E-state index in [0.29, 0.717) is 6.04 Å². The molecule has 0 radical (unpaired) electrons. The lowest BCUT2D eigenvalue weighted by molar-refractivity contribution is 0.518. The Labute approximate surface area is 119 Å². The first-order valence-electron chi connectivity index (χ1n) is 7.04. The van der Waals surface area contributed by atoms with Gasteiger partial charge in [0.25, 0.3) is 0 Å². The third-order valence-electron chi connectivity index (χ3n) is 3.24.